The first-order valence-electron chi connectivity index (χ1n) is 7.66. The van der Waals surface area contributed by atoms with Crippen molar-refractivity contribution in [3.63, 3.8) is 0 Å². The molecular weight excluding hydrogens is 286 g/mol. The number of methoxy groups -OCH3 is 1. The van der Waals surface area contributed by atoms with E-state index in [9.17, 15) is 9.59 Å². The molecule has 2 aliphatic rings. The van der Waals surface area contributed by atoms with E-state index in [1.807, 2.05) is 4.90 Å². The lowest BCUT2D eigenvalue weighted by atomic mass is 9.75. The zero-order valence-electron chi connectivity index (χ0n) is 12.3. The number of piperidine rings is 1. The fourth-order valence-corrected chi connectivity index (χ4v) is 4.50. The van der Waals surface area contributed by atoms with Crippen LogP contribution >= 0.6 is 11.3 Å². The fourth-order valence-electron chi connectivity index (χ4n) is 3.60. The summed E-state index contributed by atoms with van der Waals surface area (Å²) in [5.41, 5.74) is 0. The minimum absolute atomic E-state index is 0.0687. The minimum atomic E-state index is -0.370. The van der Waals surface area contributed by atoms with Crippen molar-refractivity contribution in [1.29, 1.82) is 0 Å². The average Bonchev–Trinajstić information content (AvgIpc) is 3.03. The van der Waals surface area contributed by atoms with Crippen LogP contribution in [0.15, 0.2) is 12.1 Å². The Kier molecular flexibility index (Phi) is 4.29. The van der Waals surface area contributed by atoms with E-state index in [-0.39, 0.29) is 11.9 Å². The molecule has 4 nitrogen and oxygen atoms in total. The van der Waals surface area contributed by atoms with Gasteiger partial charge in [-0.2, -0.15) is 0 Å². The number of esters is 1. The molecular formula is C16H21NO3S. The van der Waals surface area contributed by atoms with E-state index in [0.717, 1.165) is 25.4 Å². The summed E-state index contributed by atoms with van der Waals surface area (Å²) in [6.45, 7) is 1.74. The zero-order chi connectivity index (χ0) is 14.8. The number of likely N-dealkylation sites (tertiary alicyclic amines) is 1. The van der Waals surface area contributed by atoms with Crippen molar-refractivity contribution in [2.45, 2.75) is 32.1 Å². The molecule has 1 saturated carbocycles. The number of nitrogens with zero attached hydrogens (tertiary/aromatic N) is 1. The van der Waals surface area contributed by atoms with Gasteiger partial charge >= 0.3 is 5.97 Å². The van der Waals surface area contributed by atoms with Crippen LogP contribution in [-0.2, 0) is 4.74 Å². The molecule has 1 aromatic heterocycles. The standard InChI is InChI=1S/C16H21NO3S/c1-20-16(19)14-7-6-13(21-14)15(18)17-9-8-11-4-2-3-5-12(11)10-17/h6-7,11-12H,2-5,8-10H2,1H3. The van der Waals surface area contributed by atoms with Crippen molar-refractivity contribution >= 4 is 23.2 Å². The second-order valence-corrected chi connectivity index (χ2v) is 7.08. The molecule has 1 saturated heterocycles. The van der Waals surface area contributed by atoms with Crippen molar-refractivity contribution in [3.8, 4) is 0 Å². The number of hydrogen-bond donors (Lipinski definition) is 0. The van der Waals surface area contributed by atoms with Crippen molar-refractivity contribution in [2.75, 3.05) is 20.2 Å². The van der Waals surface area contributed by atoms with Crippen LogP contribution in [0.3, 0.4) is 0 Å². The molecule has 0 spiro atoms. The van der Waals surface area contributed by atoms with Gasteiger partial charge in [0.2, 0.25) is 0 Å². The third kappa shape index (κ3) is 2.98. The third-order valence-corrected chi connectivity index (χ3v) is 5.84. The van der Waals surface area contributed by atoms with E-state index < -0.39 is 0 Å². The molecule has 114 valence electrons. The first kappa shape index (κ1) is 14.6. The van der Waals surface area contributed by atoms with Gasteiger partial charge in [0.15, 0.2) is 0 Å². The Morgan fingerprint density at radius 1 is 1.14 bits per heavy atom. The summed E-state index contributed by atoms with van der Waals surface area (Å²) in [5.74, 6) is 1.19. The molecule has 2 atom stereocenters. The molecule has 0 N–H and O–H groups in total. The number of carbonyl (C=O) groups excluding carboxylic acids is 2. The SMILES string of the molecule is COC(=O)c1ccc(C(=O)N2CCC3CCCCC3C2)s1. The van der Waals surface area contributed by atoms with E-state index in [1.54, 1.807) is 12.1 Å². The molecule has 2 heterocycles. The van der Waals surface area contributed by atoms with Crippen LogP contribution in [0.2, 0.25) is 0 Å². The Morgan fingerprint density at radius 3 is 2.62 bits per heavy atom. The molecule has 1 aromatic rings. The van der Waals surface area contributed by atoms with Crippen LogP contribution in [0, 0.1) is 11.8 Å². The van der Waals surface area contributed by atoms with E-state index >= 15 is 0 Å². The van der Waals surface area contributed by atoms with Crippen molar-refractivity contribution < 1.29 is 14.3 Å². The summed E-state index contributed by atoms with van der Waals surface area (Å²) >= 11 is 1.23. The Hall–Kier alpha value is -1.36. The van der Waals surface area contributed by atoms with Crippen LogP contribution in [-0.4, -0.2) is 37.0 Å². The van der Waals surface area contributed by atoms with Crippen LogP contribution in [0.25, 0.3) is 0 Å². The summed E-state index contributed by atoms with van der Waals surface area (Å²) in [6, 6.07) is 3.42. The molecule has 3 rings (SSSR count). The van der Waals surface area contributed by atoms with Gasteiger partial charge in [-0.1, -0.05) is 19.3 Å². The minimum Gasteiger partial charge on any atom is -0.465 e. The molecule has 0 radical (unpaired) electrons. The van der Waals surface area contributed by atoms with Gasteiger partial charge in [-0.25, -0.2) is 4.79 Å². The van der Waals surface area contributed by atoms with Gasteiger partial charge in [-0.3, -0.25) is 4.79 Å². The average molecular weight is 307 g/mol. The quantitative estimate of drug-likeness (QED) is 0.788. The van der Waals surface area contributed by atoms with Crippen LogP contribution < -0.4 is 0 Å². The lowest BCUT2D eigenvalue weighted by molar-refractivity contribution is 0.0525. The highest BCUT2D eigenvalue weighted by molar-refractivity contribution is 7.15. The zero-order valence-corrected chi connectivity index (χ0v) is 13.2. The molecule has 21 heavy (non-hydrogen) atoms. The molecule has 1 aliphatic heterocycles. The monoisotopic (exact) mass is 307 g/mol. The highest BCUT2D eigenvalue weighted by Gasteiger charge is 2.33. The largest absolute Gasteiger partial charge is 0.465 e. The van der Waals surface area contributed by atoms with Gasteiger partial charge in [0.05, 0.1) is 12.0 Å². The molecule has 2 fully saturated rings. The van der Waals surface area contributed by atoms with Crippen LogP contribution in [0.4, 0.5) is 0 Å². The van der Waals surface area contributed by atoms with Gasteiger partial charge in [0, 0.05) is 13.1 Å². The van der Waals surface area contributed by atoms with E-state index in [4.69, 9.17) is 4.74 Å². The first-order valence-corrected chi connectivity index (χ1v) is 8.48. The topological polar surface area (TPSA) is 46.6 Å². The van der Waals surface area contributed by atoms with Gasteiger partial charge in [0.1, 0.15) is 4.88 Å². The summed E-state index contributed by atoms with van der Waals surface area (Å²) in [4.78, 5) is 27.2. The Balaban J connectivity index is 1.67. The van der Waals surface area contributed by atoms with E-state index in [0.29, 0.717) is 15.7 Å². The van der Waals surface area contributed by atoms with Crippen molar-refractivity contribution in [1.82, 2.24) is 4.90 Å². The van der Waals surface area contributed by atoms with Gasteiger partial charge in [-0.05, 0) is 36.8 Å². The Morgan fingerprint density at radius 2 is 1.86 bits per heavy atom. The summed E-state index contributed by atoms with van der Waals surface area (Å²) in [5, 5.41) is 0. The first-order chi connectivity index (χ1) is 10.2. The maximum absolute atomic E-state index is 12.6. The van der Waals surface area contributed by atoms with Gasteiger partial charge in [-0.15, -0.1) is 11.3 Å². The number of hydrogen-bond acceptors (Lipinski definition) is 4. The van der Waals surface area contributed by atoms with Crippen molar-refractivity contribution in [2.24, 2.45) is 11.8 Å². The Bertz CT molecular complexity index is 539. The van der Waals surface area contributed by atoms with Gasteiger partial charge < -0.3 is 9.64 Å². The fraction of sp³-hybridized carbons (Fsp3) is 0.625. The van der Waals surface area contributed by atoms with Crippen LogP contribution in [0.5, 0.6) is 0 Å². The maximum atomic E-state index is 12.6. The number of ether oxygens (including phenoxy) is 1. The highest BCUT2D eigenvalue weighted by Crippen LogP contribution is 2.36. The normalized spacial score (nSPS) is 25.3. The Labute approximate surface area is 129 Å². The molecule has 1 aliphatic carbocycles. The molecule has 1 amide bonds. The molecule has 2 unspecified atom stereocenters. The highest BCUT2D eigenvalue weighted by atomic mass is 32.1. The smallest absolute Gasteiger partial charge is 0.348 e. The molecule has 0 bridgehead atoms. The lowest BCUT2D eigenvalue weighted by Crippen LogP contribution is -2.44. The number of amides is 1. The summed E-state index contributed by atoms with van der Waals surface area (Å²) in [7, 11) is 1.36. The molecule has 0 aromatic carbocycles. The third-order valence-electron chi connectivity index (χ3n) is 4.78. The van der Waals surface area contributed by atoms with E-state index in [2.05, 4.69) is 0 Å². The summed E-state index contributed by atoms with van der Waals surface area (Å²) in [6.07, 6.45) is 6.37. The van der Waals surface area contributed by atoms with Gasteiger partial charge in [0.25, 0.3) is 5.91 Å². The van der Waals surface area contributed by atoms with Crippen LogP contribution in [0.1, 0.15) is 51.4 Å². The second-order valence-electron chi connectivity index (χ2n) is 6.00. The number of rotatable bonds is 2. The molecule has 5 heteroatoms. The lowest BCUT2D eigenvalue weighted by Gasteiger charge is -2.41. The summed E-state index contributed by atoms with van der Waals surface area (Å²) < 4.78 is 4.69. The number of fused-ring (bicyclic) bond motifs is 1. The number of thiophene rings is 1. The predicted octanol–water partition coefficient (Wildman–Crippen LogP) is 3.19. The van der Waals surface area contributed by atoms with Crippen molar-refractivity contribution in [3.05, 3.63) is 21.9 Å². The number of carbonyl (C=O) groups is 2. The predicted molar refractivity (Wildman–Crippen MR) is 81.6 cm³/mol. The second kappa shape index (κ2) is 6.18. The maximum Gasteiger partial charge on any atom is 0.348 e. The van der Waals surface area contributed by atoms with E-state index in [1.165, 1.54) is 44.1 Å².